The normalized spacial score (nSPS) is 21.7. The van der Waals surface area contributed by atoms with Crippen molar-refractivity contribution in [1.82, 2.24) is 5.43 Å². The molecule has 7 heteroatoms. The number of nitrogens with two attached hydrogens (primary N) is 1. The Morgan fingerprint density at radius 1 is 1.04 bits per heavy atom. The highest BCUT2D eigenvalue weighted by molar-refractivity contribution is 6.00. The number of hydrogen-bond donors (Lipinski definition) is 2. The molecule has 0 saturated carbocycles. The second-order valence-electron chi connectivity index (χ2n) is 5.26. The summed E-state index contributed by atoms with van der Waals surface area (Å²) in [4.78, 5) is 12.6. The van der Waals surface area contributed by atoms with Gasteiger partial charge in [-0.2, -0.15) is 13.2 Å². The van der Waals surface area contributed by atoms with Crippen LogP contribution in [0.4, 0.5) is 18.9 Å². The molecule has 0 aromatic heterocycles. The number of amides is 1. The first kappa shape index (κ1) is 15.5. The van der Waals surface area contributed by atoms with Gasteiger partial charge in [0.15, 0.2) is 0 Å². The molecule has 1 saturated heterocycles. The lowest BCUT2D eigenvalue weighted by Crippen LogP contribution is -2.41. The number of hydrazine groups is 1. The molecule has 1 aliphatic rings. The first-order valence-corrected chi connectivity index (χ1v) is 6.96. The summed E-state index contributed by atoms with van der Waals surface area (Å²) >= 11 is 0. The van der Waals surface area contributed by atoms with Crippen LogP contribution in [0.2, 0.25) is 0 Å². The van der Waals surface area contributed by atoms with E-state index in [4.69, 9.17) is 5.73 Å². The van der Waals surface area contributed by atoms with Gasteiger partial charge in [0, 0.05) is 0 Å². The molecule has 2 atom stereocenters. The zero-order chi connectivity index (χ0) is 16.6. The number of benzene rings is 2. The largest absolute Gasteiger partial charge is 0.416 e. The van der Waals surface area contributed by atoms with Crippen LogP contribution < -0.4 is 16.2 Å². The van der Waals surface area contributed by atoms with Gasteiger partial charge in [0.25, 0.3) is 5.91 Å². The molecule has 0 aliphatic carbocycles. The molecule has 1 amide bonds. The van der Waals surface area contributed by atoms with Gasteiger partial charge in [-0.3, -0.25) is 4.79 Å². The Labute approximate surface area is 130 Å². The summed E-state index contributed by atoms with van der Waals surface area (Å²) in [5, 5.41) is 1.27. The second-order valence-corrected chi connectivity index (χ2v) is 5.26. The van der Waals surface area contributed by atoms with E-state index in [-0.39, 0.29) is 11.5 Å². The van der Waals surface area contributed by atoms with Gasteiger partial charge in [-0.25, -0.2) is 10.4 Å². The lowest BCUT2D eigenvalue weighted by atomic mass is 9.95. The Kier molecular flexibility index (Phi) is 3.83. The lowest BCUT2D eigenvalue weighted by Gasteiger charge is -2.16. The number of halogens is 3. The van der Waals surface area contributed by atoms with Gasteiger partial charge in [-0.1, -0.05) is 36.4 Å². The van der Waals surface area contributed by atoms with Gasteiger partial charge in [-0.05, 0) is 23.8 Å². The van der Waals surface area contributed by atoms with Crippen molar-refractivity contribution in [2.75, 3.05) is 5.01 Å². The average molecular weight is 321 g/mol. The highest BCUT2D eigenvalue weighted by Crippen LogP contribution is 2.34. The number of para-hydroxylation sites is 1. The van der Waals surface area contributed by atoms with Crippen molar-refractivity contribution in [2.24, 2.45) is 5.73 Å². The minimum atomic E-state index is -4.46. The van der Waals surface area contributed by atoms with E-state index in [1.807, 2.05) is 0 Å². The maximum Gasteiger partial charge on any atom is 0.416 e. The summed E-state index contributed by atoms with van der Waals surface area (Å²) in [6.07, 6.45) is -5.26. The van der Waals surface area contributed by atoms with E-state index in [0.29, 0.717) is 5.69 Å². The topological polar surface area (TPSA) is 58.4 Å². The minimum absolute atomic E-state index is 0.239. The van der Waals surface area contributed by atoms with Gasteiger partial charge < -0.3 is 5.73 Å². The molecule has 1 aliphatic heterocycles. The summed E-state index contributed by atoms with van der Waals surface area (Å²) < 4.78 is 38.5. The maximum absolute atomic E-state index is 12.8. The van der Waals surface area contributed by atoms with E-state index in [1.54, 1.807) is 30.3 Å². The number of rotatable bonds is 2. The molecular formula is C16H14F3N3O. The Morgan fingerprint density at radius 2 is 1.74 bits per heavy atom. The molecule has 1 heterocycles. The third-order valence-electron chi connectivity index (χ3n) is 3.71. The number of anilines is 1. The maximum atomic E-state index is 12.8. The molecule has 23 heavy (non-hydrogen) atoms. The van der Waals surface area contributed by atoms with E-state index in [2.05, 4.69) is 5.43 Å². The van der Waals surface area contributed by atoms with Gasteiger partial charge in [0.1, 0.15) is 0 Å². The van der Waals surface area contributed by atoms with E-state index in [0.717, 1.165) is 12.1 Å². The van der Waals surface area contributed by atoms with Crippen LogP contribution >= 0.6 is 0 Å². The minimum Gasteiger partial charge on any atom is -0.314 e. The fraction of sp³-hybridized carbons (Fsp3) is 0.188. The monoisotopic (exact) mass is 321 g/mol. The zero-order valence-corrected chi connectivity index (χ0v) is 11.9. The molecule has 3 N–H and O–H groups in total. The Balaban J connectivity index is 1.93. The smallest absolute Gasteiger partial charge is 0.314 e. The van der Waals surface area contributed by atoms with Gasteiger partial charge in [0.2, 0.25) is 0 Å². The standard InChI is InChI=1S/C16H14F3N3O/c17-16(18,19)11-6-4-5-10(9-11)13-14(20)21-22(15(13)23)12-7-2-1-3-8-12/h1-9,13-14,21H,20H2. The van der Waals surface area contributed by atoms with E-state index in [9.17, 15) is 18.0 Å². The van der Waals surface area contributed by atoms with E-state index < -0.39 is 23.8 Å². The Bertz CT molecular complexity index is 718. The van der Waals surface area contributed by atoms with Gasteiger partial charge in [0.05, 0.1) is 23.3 Å². The van der Waals surface area contributed by atoms with Crippen molar-refractivity contribution < 1.29 is 18.0 Å². The predicted molar refractivity (Wildman–Crippen MR) is 79.2 cm³/mol. The lowest BCUT2D eigenvalue weighted by molar-refractivity contribution is -0.137. The van der Waals surface area contributed by atoms with Crippen molar-refractivity contribution >= 4 is 11.6 Å². The van der Waals surface area contributed by atoms with E-state index in [1.165, 1.54) is 17.1 Å². The summed E-state index contributed by atoms with van der Waals surface area (Å²) in [5.74, 6) is -1.26. The van der Waals surface area contributed by atoms with Crippen LogP contribution in [0.1, 0.15) is 17.0 Å². The fourth-order valence-electron chi connectivity index (χ4n) is 2.62. The number of nitrogens with one attached hydrogen (secondary N) is 1. The highest BCUT2D eigenvalue weighted by Gasteiger charge is 2.41. The van der Waals surface area contributed by atoms with Crippen LogP contribution in [0.3, 0.4) is 0 Å². The Hall–Kier alpha value is -2.38. The number of carbonyl (C=O) groups excluding carboxylic acids is 1. The molecule has 2 aromatic rings. The molecule has 120 valence electrons. The van der Waals surface area contributed by atoms with Crippen LogP contribution in [0.15, 0.2) is 54.6 Å². The molecule has 1 fully saturated rings. The molecule has 0 spiro atoms. The molecule has 4 nitrogen and oxygen atoms in total. The van der Waals surface area contributed by atoms with Gasteiger partial charge >= 0.3 is 6.18 Å². The quantitative estimate of drug-likeness (QED) is 0.894. The van der Waals surface area contributed by atoms with Crippen molar-refractivity contribution in [2.45, 2.75) is 18.3 Å². The third-order valence-corrected chi connectivity index (χ3v) is 3.71. The van der Waals surface area contributed by atoms with Crippen LogP contribution in [0.25, 0.3) is 0 Å². The summed E-state index contributed by atoms with van der Waals surface area (Å²) in [6.45, 7) is 0. The molecule has 0 radical (unpaired) electrons. The first-order valence-electron chi connectivity index (χ1n) is 6.96. The number of carbonyl (C=O) groups is 1. The number of nitrogens with zero attached hydrogens (tertiary/aromatic N) is 1. The number of alkyl halides is 3. The van der Waals surface area contributed by atoms with E-state index >= 15 is 0 Å². The zero-order valence-electron chi connectivity index (χ0n) is 11.9. The van der Waals surface area contributed by atoms with Crippen LogP contribution in [0.5, 0.6) is 0 Å². The summed E-state index contributed by atoms with van der Waals surface area (Å²) in [6, 6.07) is 13.4. The Morgan fingerprint density at radius 3 is 2.39 bits per heavy atom. The molecule has 0 bridgehead atoms. The molecule has 2 unspecified atom stereocenters. The summed E-state index contributed by atoms with van der Waals surface area (Å²) in [7, 11) is 0. The fourth-order valence-corrected chi connectivity index (χ4v) is 2.62. The highest BCUT2D eigenvalue weighted by atomic mass is 19.4. The first-order chi connectivity index (χ1) is 10.9. The van der Waals surface area contributed by atoms with Crippen molar-refractivity contribution in [3.8, 4) is 0 Å². The van der Waals surface area contributed by atoms with Crippen LogP contribution in [-0.4, -0.2) is 12.1 Å². The number of hydrogen-bond acceptors (Lipinski definition) is 3. The van der Waals surface area contributed by atoms with Gasteiger partial charge in [-0.15, -0.1) is 0 Å². The van der Waals surface area contributed by atoms with Crippen molar-refractivity contribution in [3.05, 3.63) is 65.7 Å². The molecular weight excluding hydrogens is 307 g/mol. The molecule has 2 aromatic carbocycles. The summed E-state index contributed by atoms with van der Waals surface area (Å²) in [5.41, 5.74) is 8.77. The van der Waals surface area contributed by atoms with Crippen molar-refractivity contribution in [1.29, 1.82) is 0 Å². The van der Waals surface area contributed by atoms with Crippen LogP contribution in [0, 0.1) is 0 Å². The van der Waals surface area contributed by atoms with Crippen LogP contribution in [-0.2, 0) is 11.0 Å². The van der Waals surface area contributed by atoms with Crippen molar-refractivity contribution in [3.63, 3.8) is 0 Å². The molecule has 3 rings (SSSR count). The third kappa shape index (κ3) is 2.93. The SMILES string of the molecule is NC1NN(c2ccccc2)C(=O)C1c1cccc(C(F)(F)F)c1. The predicted octanol–water partition coefficient (Wildman–Crippen LogP) is 2.63. The second kappa shape index (κ2) is 5.68. The average Bonchev–Trinajstić information content (AvgIpc) is 2.82.